The van der Waals surface area contributed by atoms with Gasteiger partial charge in [-0.25, -0.2) is 9.59 Å². The molecule has 200 valence electrons. The molecule has 1 aliphatic rings. The molecule has 1 fully saturated rings. The lowest BCUT2D eigenvalue weighted by molar-refractivity contribution is -0.277. The summed E-state index contributed by atoms with van der Waals surface area (Å²) in [6.45, 7) is -0.713. The fourth-order valence-electron chi connectivity index (χ4n) is 4.33. The normalized spacial score (nSPS) is 23.6. The van der Waals surface area contributed by atoms with Crippen LogP contribution in [-0.2, 0) is 4.74 Å². The van der Waals surface area contributed by atoms with Crippen molar-refractivity contribution in [3.63, 3.8) is 0 Å². The van der Waals surface area contributed by atoms with Crippen LogP contribution in [0, 0.1) is 0 Å². The van der Waals surface area contributed by atoms with Crippen molar-refractivity contribution in [2.24, 2.45) is 0 Å². The van der Waals surface area contributed by atoms with Gasteiger partial charge in [0.15, 0.2) is 17.1 Å². The number of hydrogen-bond acceptors (Lipinski definition) is 13. The Morgan fingerprint density at radius 1 is 0.842 bits per heavy atom. The van der Waals surface area contributed by atoms with E-state index in [-0.39, 0.29) is 39.2 Å². The molecule has 0 radical (unpaired) electrons. The third-order valence-corrected chi connectivity index (χ3v) is 6.26. The Morgan fingerprint density at radius 2 is 1.55 bits per heavy atom. The molecule has 0 amide bonds. The first-order chi connectivity index (χ1) is 18.1. The Morgan fingerprint density at radius 3 is 2.26 bits per heavy atom. The zero-order chi connectivity index (χ0) is 27.3. The summed E-state index contributed by atoms with van der Waals surface area (Å²) in [5, 5.41) is 62.2. The van der Waals surface area contributed by atoms with Gasteiger partial charge in [0, 0.05) is 16.8 Å². The molecular weight excluding hydrogens is 508 g/mol. The summed E-state index contributed by atoms with van der Waals surface area (Å²) in [6, 6.07) is 7.79. The molecule has 13 heteroatoms. The van der Waals surface area contributed by atoms with Crippen LogP contribution in [0.5, 0.6) is 23.0 Å². The van der Waals surface area contributed by atoms with Gasteiger partial charge in [-0.2, -0.15) is 0 Å². The molecule has 1 aliphatic heterocycles. The van der Waals surface area contributed by atoms with Crippen LogP contribution >= 0.6 is 0 Å². The minimum Gasteiger partial charge on any atom is -0.504 e. The van der Waals surface area contributed by atoms with Gasteiger partial charge in [0.2, 0.25) is 12.0 Å². The molecule has 38 heavy (non-hydrogen) atoms. The Hall–Kier alpha value is -4.14. The molecule has 0 saturated carbocycles. The van der Waals surface area contributed by atoms with Crippen molar-refractivity contribution >= 4 is 21.9 Å². The average molecular weight is 530 g/mol. The second kappa shape index (κ2) is 9.63. The summed E-state index contributed by atoms with van der Waals surface area (Å²) in [5.74, 6) is -1.78. The first-order valence-corrected chi connectivity index (χ1v) is 11.3. The number of ether oxygens (including phenoxy) is 3. The Labute approximate surface area is 211 Å². The highest BCUT2D eigenvalue weighted by atomic mass is 16.7. The average Bonchev–Trinajstić information content (AvgIpc) is 2.90. The molecule has 0 bridgehead atoms. The maximum absolute atomic E-state index is 12.5. The number of hydrogen-bond donors (Lipinski definition) is 6. The highest BCUT2D eigenvalue weighted by Gasteiger charge is 2.45. The maximum Gasteiger partial charge on any atom is 0.379 e. The van der Waals surface area contributed by atoms with E-state index in [1.54, 1.807) is 0 Å². The minimum absolute atomic E-state index is 0.126. The quantitative estimate of drug-likeness (QED) is 0.150. The molecular formula is C25H22O13. The van der Waals surface area contributed by atoms with E-state index >= 15 is 0 Å². The number of fused-ring (bicyclic) bond motifs is 2. The fraction of sp³-hybridized carbons (Fsp3) is 0.280. The molecule has 5 atom stereocenters. The molecule has 3 heterocycles. The maximum atomic E-state index is 12.5. The van der Waals surface area contributed by atoms with Crippen LogP contribution in [0.1, 0.15) is 0 Å². The van der Waals surface area contributed by atoms with Crippen molar-refractivity contribution in [2.75, 3.05) is 13.7 Å². The highest BCUT2D eigenvalue weighted by Crippen LogP contribution is 2.48. The van der Waals surface area contributed by atoms with Crippen LogP contribution in [0.4, 0.5) is 0 Å². The number of rotatable bonds is 5. The van der Waals surface area contributed by atoms with Gasteiger partial charge in [-0.1, -0.05) is 0 Å². The van der Waals surface area contributed by atoms with E-state index in [0.29, 0.717) is 5.39 Å². The number of aliphatic hydroxyl groups excluding tert-OH is 4. The van der Waals surface area contributed by atoms with Crippen LogP contribution < -0.4 is 20.7 Å². The van der Waals surface area contributed by atoms with Crippen molar-refractivity contribution in [3.05, 3.63) is 57.2 Å². The molecule has 2 aromatic heterocycles. The van der Waals surface area contributed by atoms with Crippen molar-refractivity contribution in [2.45, 2.75) is 30.7 Å². The van der Waals surface area contributed by atoms with Gasteiger partial charge in [0.1, 0.15) is 35.7 Å². The summed E-state index contributed by atoms with van der Waals surface area (Å²) in [5.41, 5.74) is -2.56. The van der Waals surface area contributed by atoms with Crippen molar-refractivity contribution in [1.29, 1.82) is 0 Å². The molecule has 0 aliphatic carbocycles. The lowest BCUT2D eigenvalue weighted by atomic mass is 9.97. The van der Waals surface area contributed by atoms with Gasteiger partial charge < -0.3 is 53.7 Å². The molecule has 13 nitrogen and oxygen atoms in total. The third-order valence-electron chi connectivity index (χ3n) is 6.26. The van der Waals surface area contributed by atoms with Crippen molar-refractivity contribution < 1.29 is 53.7 Å². The van der Waals surface area contributed by atoms with Gasteiger partial charge in [0.25, 0.3) is 0 Å². The molecule has 6 N–H and O–H groups in total. The van der Waals surface area contributed by atoms with Crippen LogP contribution in [0.25, 0.3) is 33.1 Å². The second-order valence-electron chi connectivity index (χ2n) is 8.57. The van der Waals surface area contributed by atoms with E-state index in [2.05, 4.69) is 0 Å². The molecule has 2 aromatic carbocycles. The van der Waals surface area contributed by atoms with Crippen LogP contribution in [0.2, 0.25) is 0 Å². The fourth-order valence-corrected chi connectivity index (χ4v) is 4.33. The smallest absolute Gasteiger partial charge is 0.379 e. The number of methoxy groups -OCH3 is 1. The summed E-state index contributed by atoms with van der Waals surface area (Å²) in [6.07, 6.45) is -8.15. The van der Waals surface area contributed by atoms with Crippen molar-refractivity contribution in [1.82, 2.24) is 0 Å². The van der Waals surface area contributed by atoms with Gasteiger partial charge in [0.05, 0.1) is 24.8 Å². The van der Waals surface area contributed by atoms with E-state index in [4.69, 9.17) is 23.0 Å². The minimum atomic E-state index is -1.80. The number of phenols is 2. The summed E-state index contributed by atoms with van der Waals surface area (Å²) >= 11 is 0. The summed E-state index contributed by atoms with van der Waals surface area (Å²) in [7, 11) is 1.24. The number of benzene rings is 2. The number of aromatic hydroxyl groups is 2. The third kappa shape index (κ3) is 4.12. The first kappa shape index (κ1) is 25.5. The van der Waals surface area contributed by atoms with Crippen LogP contribution in [0.15, 0.2) is 54.8 Å². The Balaban J connectivity index is 1.80. The number of aliphatic hydroxyl groups is 4. The largest absolute Gasteiger partial charge is 0.504 e. The Kier molecular flexibility index (Phi) is 6.46. The van der Waals surface area contributed by atoms with Crippen molar-refractivity contribution in [3.8, 4) is 34.1 Å². The van der Waals surface area contributed by atoms with Gasteiger partial charge in [-0.3, -0.25) is 0 Å². The van der Waals surface area contributed by atoms with Crippen LogP contribution in [-0.4, -0.2) is 75.1 Å². The predicted octanol–water partition coefficient (Wildman–Crippen LogP) is 0.165. The van der Waals surface area contributed by atoms with Gasteiger partial charge in [-0.05, 0) is 30.3 Å². The Bertz CT molecular complexity index is 1640. The van der Waals surface area contributed by atoms with E-state index in [1.807, 2.05) is 0 Å². The summed E-state index contributed by atoms with van der Waals surface area (Å²) in [4.78, 5) is 24.6. The summed E-state index contributed by atoms with van der Waals surface area (Å²) < 4.78 is 27.0. The predicted molar refractivity (Wildman–Crippen MR) is 128 cm³/mol. The van der Waals surface area contributed by atoms with E-state index in [9.17, 15) is 40.2 Å². The zero-order valence-electron chi connectivity index (χ0n) is 19.6. The first-order valence-electron chi connectivity index (χ1n) is 11.3. The van der Waals surface area contributed by atoms with E-state index in [0.717, 1.165) is 12.1 Å². The molecule has 5 unspecified atom stereocenters. The highest BCUT2D eigenvalue weighted by molar-refractivity contribution is 6.06. The molecule has 5 rings (SSSR count). The molecule has 0 spiro atoms. The van der Waals surface area contributed by atoms with E-state index < -0.39 is 60.1 Å². The molecule has 1 saturated heterocycles. The van der Waals surface area contributed by atoms with Gasteiger partial charge >= 0.3 is 11.3 Å². The van der Waals surface area contributed by atoms with Crippen LogP contribution in [0.3, 0.4) is 0 Å². The second-order valence-corrected chi connectivity index (χ2v) is 8.57. The van der Waals surface area contributed by atoms with Gasteiger partial charge in [-0.15, -0.1) is 0 Å². The topological polar surface area (TPSA) is 209 Å². The SMILES string of the molecule is COc1cc2cc(O)c(O)c(-c3c(OC4OC(CO)C(O)C(O)C4O)ccc4ccc(=O)oc34)c2oc1=O. The standard InChI is InChI=1S/C25H22O13/c1-34-13-7-10-6-11(27)18(29)17(23(10)38-24(13)33)16-12(4-2-9-3-5-15(28)37-22(9)16)35-25-21(32)20(31)19(30)14(8-26)36-25/h2-7,14,19-21,25-27,29-32H,8H2,1H3. The molecule has 4 aromatic rings. The lowest BCUT2D eigenvalue weighted by Gasteiger charge is -2.39. The lowest BCUT2D eigenvalue weighted by Crippen LogP contribution is -2.60. The monoisotopic (exact) mass is 530 g/mol. The zero-order valence-corrected chi connectivity index (χ0v) is 19.6. The number of phenolic OH excluding ortho intramolecular Hbond substituents is 2. The van der Waals surface area contributed by atoms with E-state index in [1.165, 1.54) is 31.4 Å².